The maximum absolute atomic E-state index is 12.1. The van der Waals surface area contributed by atoms with Crippen molar-refractivity contribution in [2.24, 2.45) is 0 Å². The van der Waals surface area contributed by atoms with Crippen LogP contribution in [0.25, 0.3) is 0 Å². The first kappa shape index (κ1) is 13.6. The van der Waals surface area contributed by atoms with E-state index in [2.05, 4.69) is 12.1 Å². The van der Waals surface area contributed by atoms with Gasteiger partial charge < -0.3 is 9.64 Å². The van der Waals surface area contributed by atoms with Crippen LogP contribution in [0.15, 0.2) is 30.3 Å². The second-order valence-corrected chi connectivity index (χ2v) is 4.95. The predicted octanol–water partition coefficient (Wildman–Crippen LogP) is 1.78. The van der Waals surface area contributed by atoms with Crippen molar-refractivity contribution >= 4 is 11.9 Å². The lowest BCUT2D eigenvalue weighted by Gasteiger charge is -2.21. The molecule has 2 unspecified atom stereocenters. The summed E-state index contributed by atoms with van der Waals surface area (Å²) in [6, 6.07) is 10.2. The Morgan fingerprint density at radius 3 is 2.68 bits per heavy atom. The van der Waals surface area contributed by atoms with Crippen molar-refractivity contribution in [2.45, 2.75) is 38.8 Å². The Bertz CT molecular complexity index is 458. The Morgan fingerprint density at radius 1 is 1.37 bits per heavy atom. The third-order valence-electron chi connectivity index (χ3n) is 3.44. The molecule has 1 aromatic carbocycles. The molecule has 1 aromatic rings. The number of rotatable bonds is 4. The predicted molar refractivity (Wildman–Crippen MR) is 71.5 cm³/mol. The Kier molecular flexibility index (Phi) is 4.20. The van der Waals surface area contributed by atoms with Gasteiger partial charge in [-0.25, -0.2) is 0 Å². The largest absolute Gasteiger partial charge is 0.452 e. The Morgan fingerprint density at radius 2 is 2.05 bits per heavy atom. The SMILES string of the molecule is CC(=O)OC1CC(C)N(CCc2ccccc2)C1=O. The second kappa shape index (κ2) is 5.87. The number of hydrogen-bond acceptors (Lipinski definition) is 3. The van der Waals surface area contributed by atoms with Crippen molar-refractivity contribution in [1.29, 1.82) is 0 Å². The fourth-order valence-corrected chi connectivity index (χ4v) is 2.46. The zero-order valence-corrected chi connectivity index (χ0v) is 11.3. The summed E-state index contributed by atoms with van der Waals surface area (Å²) in [5, 5.41) is 0. The average Bonchev–Trinajstić information content (AvgIpc) is 2.63. The van der Waals surface area contributed by atoms with Crippen LogP contribution in [-0.2, 0) is 20.7 Å². The quantitative estimate of drug-likeness (QED) is 0.776. The molecule has 102 valence electrons. The fraction of sp³-hybridized carbons (Fsp3) is 0.467. The molecular formula is C15H19NO3. The molecule has 1 aliphatic heterocycles. The highest BCUT2D eigenvalue weighted by Gasteiger charge is 2.38. The van der Waals surface area contributed by atoms with Gasteiger partial charge in [-0.1, -0.05) is 30.3 Å². The van der Waals surface area contributed by atoms with Gasteiger partial charge in [0.25, 0.3) is 5.91 Å². The lowest BCUT2D eigenvalue weighted by molar-refractivity contribution is -0.154. The van der Waals surface area contributed by atoms with Gasteiger partial charge in [-0.15, -0.1) is 0 Å². The number of likely N-dealkylation sites (tertiary alicyclic amines) is 1. The van der Waals surface area contributed by atoms with Gasteiger partial charge in [0.2, 0.25) is 0 Å². The van der Waals surface area contributed by atoms with E-state index in [1.165, 1.54) is 12.5 Å². The average molecular weight is 261 g/mol. The van der Waals surface area contributed by atoms with Gasteiger partial charge in [-0.05, 0) is 18.9 Å². The summed E-state index contributed by atoms with van der Waals surface area (Å²) in [4.78, 5) is 24.9. The minimum Gasteiger partial charge on any atom is -0.452 e. The van der Waals surface area contributed by atoms with E-state index >= 15 is 0 Å². The number of hydrogen-bond donors (Lipinski definition) is 0. The molecule has 0 N–H and O–H groups in total. The summed E-state index contributed by atoms with van der Waals surface area (Å²) in [5.41, 5.74) is 1.21. The summed E-state index contributed by atoms with van der Waals surface area (Å²) in [5.74, 6) is -0.464. The van der Waals surface area contributed by atoms with Crippen LogP contribution in [0.2, 0.25) is 0 Å². The Balaban J connectivity index is 1.93. The summed E-state index contributed by atoms with van der Waals surface area (Å²) in [6.45, 7) is 4.00. The van der Waals surface area contributed by atoms with Crippen LogP contribution in [-0.4, -0.2) is 35.5 Å². The smallest absolute Gasteiger partial charge is 0.303 e. The molecule has 0 aromatic heterocycles. The zero-order valence-electron chi connectivity index (χ0n) is 11.3. The van der Waals surface area contributed by atoms with Gasteiger partial charge in [0.1, 0.15) is 0 Å². The minimum atomic E-state index is -0.594. The molecule has 2 atom stereocenters. The molecule has 0 bridgehead atoms. The minimum absolute atomic E-state index is 0.0707. The number of nitrogens with zero attached hydrogens (tertiary/aromatic N) is 1. The second-order valence-electron chi connectivity index (χ2n) is 4.95. The van der Waals surface area contributed by atoms with E-state index in [1.54, 1.807) is 4.90 Å². The zero-order chi connectivity index (χ0) is 13.8. The summed E-state index contributed by atoms with van der Waals surface area (Å²) in [7, 11) is 0. The number of esters is 1. The maximum atomic E-state index is 12.1. The molecule has 1 saturated heterocycles. The first-order valence-electron chi connectivity index (χ1n) is 6.59. The summed E-state index contributed by atoms with van der Waals surface area (Å²) in [6.07, 6.45) is 0.819. The van der Waals surface area contributed by atoms with Crippen LogP contribution in [0.1, 0.15) is 25.8 Å². The van der Waals surface area contributed by atoms with Gasteiger partial charge in [-0.3, -0.25) is 9.59 Å². The molecule has 4 nitrogen and oxygen atoms in total. The molecule has 0 aliphatic carbocycles. The number of ether oxygens (including phenoxy) is 1. The van der Waals surface area contributed by atoms with Crippen molar-refractivity contribution < 1.29 is 14.3 Å². The molecule has 0 saturated carbocycles. The van der Waals surface area contributed by atoms with Crippen molar-refractivity contribution in [3.05, 3.63) is 35.9 Å². The van der Waals surface area contributed by atoms with Crippen LogP contribution >= 0.6 is 0 Å². The van der Waals surface area contributed by atoms with Gasteiger partial charge in [0.15, 0.2) is 6.10 Å². The number of benzene rings is 1. The van der Waals surface area contributed by atoms with Crippen molar-refractivity contribution in [2.75, 3.05) is 6.54 Å². The first-order chi connectivity index (χ1) is 9.08. The fourth-order valence-electron chi connectivity index (χ4n) is 2.46. The van der Waals surface area contributed by atoms with Crippen LogP contribution in [0, 0.1) is 0 Å². The standard InChI is InChI=1S/C15H19NO3/c1-11-10-14(19-12(2)17)15(18)16(11)9-8-13-6-4-3-5-7-13/h3-7,11,14H,8-10H2,1-2H3. The first-order valence-corrected chi connectivity index (χ1v) is 6.59. The molecule has 1 aliphatic rings. The molecule has 1 fully saturated rings. The monoisotopic (exact) mass is 261 g/mol. The molecule has 0 radical (unpaired) electrons. The van der Waals surface area contributed by atoms with Crippen molar-refractivity contribution in [1.82, 2.24) is 4.90 Å². The van der Waals surface area contributed by atoms with Gasteiger partial charge in [0.05, 0.1) is 0 Å². The summed E-state index contributed by atoms with van der Waals surface area (Å²) >= 11 is 0. The van der Waals surface area contributed by atoms with E-state index < -0.39 is 12.1 Å². The van der Waals surface area contributed by atoms with Crippen molar-refractivity contribution in [3.8, 4) is 0 Å². The molecule has 4 heteroatoms. The van der Waals surface area contributed by atoms with E-state index in [-0.39, 0.29) is 11.9 Å². The Hall–Kier alpha value is -1.84. The molecule has 2 rings (SSSR count). The third kappa shape index (κ3) is 3.34. The number of carbonyl (C=O) groups is 2. The van der Waals surface area contributed by atoms with Crippen LogP contribution < -0.4 is 0 Å². The molecule has 1 heterocycles. The molecule has 1 amide bonds. The van der Waals surface area contributed by atoms with E-state index in [0.29, 0.717) is 13.0 Å². The molecular weight excluding hydrogens is 242 g/mol. The van der Waals surface area contributed by atoms with E-state index in [0.717, 1.165) is 6.42 Å². The lowest BCUT2D eigenvalue weighted by Crippen LogP contribution is -2.36. The van der Waals surface area contributed by atoms with Crippen LogP contribution in [0.5, 0.6) is 0 Å². The molecule has 0 spiro atoms. The van der Waals surface area contributed by atoms with Gasteiger partial charge >= 0.3 is 5.97 Å². The highest BCUT2D eigenvalue weighted by molar-refractivity contribution is 5.85. The van der Waals surface area contributed by atoms with E-state index in [4.69, 9.17) is 4.74 Å². The normalized spacial score (nSPS) is 22.6. The van der Waals surface area contributed by atoms with E-state index in [9.17, 15) is 9.59 Å². The van der Waals surface area contributed by atoms with Crippen LogP contribution in [0.4, 0.5) is 0 Å². The Labute approximate surface area is 113 Å². The van der Waals surface area contributed by atoms with Gasteiger partial charge in [0, 0.05) is 25.9 Å². The number of carbonyl (C=O) groups excluding carboxylic acids is 2. The van der Waals surface area contributed by atoms with Crippen LogP contribution in [0.3, 0.4) is 0 Å². The highest BCUT2D eigenvalue weighted by atomic mass is 16.5. The lowest BCUT2D eigenvalue weighted by atomic mass is 10.1. The van der Waals surface area contributed by atoms with E-state index in [1.807, 2.05) is 25.1 Å². The topological polar surface area (TPSA) is 46.6 Å². The van der Waals surface area contributed by atoms with Gasteiger partial charge in [-0.2, -0.15) is 0 Å². The molecule has 19 heavy (non-hydrogen) atoms. The van der Waals surface area contributed by atoms with Crippen molar-refractivity contribution in [3.63, 3.8) is 0 Å². The maximum Gasteiger partial charge on any atom is 0.303 e. The highest BCUT2D eigenvalue weighted by Crippen LogP contribution is 2.22. The number of amides is 1. The third-order valence-corrected chi connectivity index (χ3v) is 3.44. The summed E-state index contributed by atoms with van der Waals surface area (Å²) < 4.78 is 5.05.